The molecule has 0 bridgehead atoms. The molecule has 0 atom stereocenters. The van der Waals surface area contributed by atoms with Gasteiger partial charge in [0.25, 0.3) is 0 Å². The molecule has 0 unspecified atom stereocenters. The van der Waals surface area contributed by atoms with Gasteiger partial charge in [0.2, 0.25) is 0 Å². The summed E-state index contributed by atoms with van der Waals surface area (Å²) in [4.78, 5) is 11.3. The summed E-state index contributed by atoms with van der Waals surface area (Å²) in [5.74, 6) is -0.0543. The number of Topliss-reactive ketones (excluding diaryl/α,β-unsaturated/α-hetero) is 1. The van der Waals surface area contributed by atoms with Crippen LogP contribution in [0.2, 0.25) is 0 Å². The Kier molecular flexibility index (Phi) is 3.55. The Hall–Kier alpha value is -1.97. The normalized spacial score (nSPS) is 10.6. The van der Waals surface area contributed by atoms with Gasteiger partial charge in [-0.3, -0.25) is 4.79 Å². The van der Waals surface area contributed by atoms with Gasteiger partial charge in [0.1, 0.15) is 0 Å². The number of hydrogen-bond donors (Lipinski definition) is 0. The smallest absolute Gasteiger partial charge is 0.181 e. The van der Waals surface area contributed by atoms with E-state index in [9.17, 15) is 4.79 Å². The average molecular weight is 243 g/mol. The van der Waals surface area contributed by atoms with Gasteiger partial charge in [0, 0.05) is 6.92 Å². The van der Waals surface area contributed by atoms with E-state index >= 15 is 0 Å². The highest BCUT2D eigenvalue weighted by Gasteiger charge is 2.13. The minimum Gasteiger partial charge on any atom is -0.293 e. The summed E-state index contributed by atoms with van der Waals surface area (Å²) in [6.07, 6.45) is 2.21. The highest BCUT2D eigenvalue weighted by molar-refractivity contribution is 5.93. The molecule has 2 rings (SSSR count). The molecule has 0 aliphatic rings. The van der Waals surface area contributed by atoms with E-state index < -0.39 is 0 Å². The van der Waals surface area contributed by atoms with Crippen LogP contribution in [0.5, 0.6) is 0 Å². The monoisotopic (exact) mass is 243 g/mol. The number of carbonyl (C=O) groups is 1. The van der Waals surface area contributed by atoms with E-state index in [4.69, 9.17) is 0 Å². The molecule has 2 aromatic rings. The summed E-state index contributed by atoms with van der Waals surface area (Å²) in [5, 5.41) is 7.94. The second-order valence-corrected chi connectivity index (χ2v) is 4.41. The van der Waals surface area contributed by atoms with Crippen molar-refractivity contribution in [1.29, 1.82) is 0 Å². The van der Waals surface area contributed by atoms with Crippen molar-refractivity contribution in [2.24, 2.45) is 0 Å². The van der Waals surface area contributed by atoms with Gasteiger partial charge in [-0.1, -0.05) is 30.7 Å². The third kappa shape index (κ3) is 2.32. The average Bonchev–Trinajstić information content (AvgIpc) is 2.73. The first-order valence-electron chi connectivity index (χ1n) is 6.16. The quantitative estimate of drug-likeness (QED) is 0.776. The Morgan fingerprint density at radius 3 is 2.44 bits per heavy atom. The van der Waals surface area contributed by atoms with E-state index in [0.29, 0.717) is 5.69 Å². The zero-order chi connectivity index (χ0) is 13.1. The molecule has 1 aromatic heterocycles. The number of aryl methyl sites for hydroxylation is 1. The number of ketones is 1. The SMILES string of the molecule is CCCc1ccc(-n2nnc(C(C)=O)c2C)cc1. The molecular formula is C14H17N3O. The molecule has 1 aromatic carbocycles. The van der Waals surface area contributed by atoms with Crippen molar-refractivity contribution in [2.75, 3.05) is 0 Å². The number of carbonyl (C=O) groups excluding carboxylic acids is 1. The number of nitrogens with zero attached hydrogens (tertiary/aromatic N) is 3. The highest BCUT2D eigenvalue weighted by Crippen LogP contribution is 2.14. The minimum atomic E-state index is -0.0543. The predicted octanol–water partition coefficient (Wildman–Crippen LogP) is 2.73. The fraction of sp³-hybridized carbons (Fsp3) is 0.357. The number of aromatic nitrogens is 3. The van der Waals surface area contributed by atoms with Gasteiger partial charge in [0.05, 0.1) is 11.4 Å². The molecule has 0 spiro atoms. The lowest BCUT2D eigenvalue weighted by atomic mass is 10.1. The summed E-state index contributed by atoms with van der Waals surface area (Å²) < 4.78 is 1.70. The van der Waals surface area contributed by atoms with Gasteiger partial charge in [-0.15, -0.1) is 5.10 Å². The van der Waals surface area contributed by atoms with Crippen molar-refractivity contribution in [3.05, 3.63) is 41.2 Å². The molecular weight excluding hydrogens is 226 g/mol. The van der Waals surface area contributed by atoms with Gasteiger partial charge >= 0.3 is 0 Å². The number of rotatable bonds is 4. The van der Waals surface area contributed by atoms with E-state index in [0.717, 1.165) is 24.2 Å². The molecule has 0 aliphatic carbocycles. The molecule has 94 valence electrons. The Morgan fingerprint density at radius 2 is 1.94 bits per heavy atom. The van der Waals surface area contributed by atoms with Crippen molar-refractivity contribution >= 4 is 5.78 Å². The molecule has 0 saturated heterocycles. The molecule has 4 heteroatoms. The summed E-state index contributed by atoms with van der Waals surface area (Å²) in [5.41, 5.74) is 3.47. The van der Waals surface area contributed by atoms with Crippen LogP contribution in [0.1, 0.15) is 42.0 Å². The van der Waals surface area contributed by atoms with Gasteiger partial charge < -0.3 is 0 Å². The Bertz CT molecular complexity index is 555. The van der Waals surface area contributed by atoms with E-state index in [1.807, 2.05) is 19.1 Å². The maximum atomic E-state index is 11.3. The van der Waals surface area contributed by atoms with Gasteiger partial charge in [0.15, 0.2) is 11.5 Å². The van der Waals surface area contributed by atoms with Crippen LogP contribution in [0.25, 0.3) is 5.69 Å². The fourth-order valence-electron chi connectivity index (χ4n) is 1.99. The molecule has 0 fully saturated rings. The van der Waals surface area contributed by atoms with Gasteiger partial charge in [-0.05, 0) is 31.0 Å². The zero-order valence-electron chi connectivity index (χ0n) is 11.0. The molecule has 4 nitrogen and oxygen atoms in total. The lowest BCUT2D eigenvalue weighted by molar-refractivity contribution is 0.101. The maximum Gasteiger partial charge on any atom is 0.181 e. The van der Waals surface area contributed by atoms with Gasteiger partial charge in [-0.2, -0.15) is 0 Å². The van der Waals surface area contributed by atoms with Crippen LogP contribution in [0.3, 0.4) is 0 Å². The molecule has 0 radical (unpaired) electrons. The molecule has 1 heterocycles. The molecule has 0 saturated carbocycles. The molecule has 0 aliphatic heterocycles. The standard InChI is InChI=1S/C14H17N3O/c1-4-5-12-6-8-13(9-7-12)17-10(2)14(11(3)18)15-16-17/h6-9H,4-5H2,1-3H3. The molecule has 0 amide bonds. The van der Waals surface area contributed by atoms with E-state index in [1.165, 1.54) is 12.5 Å². The minimum absolute atomic E-state index is 0.0543. The van der Waals surface area contributed by atoms with Crippen LogP contribution in [0.4, 0.5) is 0 Å². The van der Waals surface area contributed by atoms with Crippen LogP contribution >= 0.6 is 0 Å². The predicted molar refractivity (Wildman–Crippen MR) is 70.1 cm³/mol. The summed E-state index contributed by atoms with van der Waals surface area (Å²) >= 11 is 0. The van der Waals surface area contributed by atoms with Crippen molar-refractivity contribution in [2.45, 2.75) is 33.6 Å². The highest BCUT2D eigenvalue weighted by atomic mass is 16.1. The van der Waals surface area contributed by atoms with E-state index in [-0.39, 0.29) is 5.78 Å². The lowest BCUT2D eigenvalue weighted by Gasteiger charge is -2.04. The molecule has 18 heavy (non-hydrogen) atoms. The molecule has 0 N–H and O–H groups in total. The third-order valence-corrected chi connectivity index (χ3v) is 2.95. The van der Waals surface area contributed by atoms with Crippen LogP contribution in [0.15, 0.2) is 24.3 Å². The maximum absolute atomic E-state index is 11.3. The second kappa shape index (κ2) is 5.12. The van der Waals surface area contributed by atoms with E-state index in [2.05, 4.69) is 29.4 Å². The lowest BCUT2D eigenvalue weighted by Crippen LogP contribution is -2.01. The van der Waals surface area contributed by atoms with Crippen LogP contribution in [-0.4, -0.2) is 20.8 Å². The largest absolute Gasteiger partial charge is 0.293 e. The Morgan fingerprint density at radius 1 is 1.28 bits per heavy atom. The van der Waals surface area contributed by atoms with Gasteiger partial charge in [-0.25, -0.2) is 4.68 Å². The van der Waals surface area contributed by atoms with Crippen molar-refractivity contribution in [3.63, 3.8) is 0 Å². The first kappa shape index (κ1) is 12.5. The number of benzene rings is 1. The summed E-state index contributed by atoms with van der Waals surface area (Å²) in [6, 6.07) is 8.20. The van der Waals surface area contributed by atoms with Crippen molar-refractivity contribution < 1.29 is 4.79 Å². The Balaban J connectivity index is 2.34. The fourth-order valence-corrected chi connectivity index (χ4v) is 1.99. The van der Waals surface area contributed by atoms with Crippen LogP contribution in [0, 0.1) is 6.92 Å². The van der Waals surface area contributed by atoms with Crippen molar-refractivity contribution in [3.8, 4) is 5.69 Å². The zero-order valence-corrected chi connectivity index (χ0v) is 11.0. The van der Waals surface area contributed by atoms with Crippen LogP contribution < -0.4 is 0 Å². The summed E-state index contributed by atoms with van der Waals surface area (Å²) in [7, 11) is 0. The van der Waals surface area contributed by atoms with Crippen LogP contribution in [-0.2, 0) is 6.42 Å². The third-order valence-electron chi connectivity index (χ3n) is 2.95. The van der Waals surface area contributed by atoms with E-state index in [1.54, 1.807) is 4.68 Å². The topological polar surface area (TPSA) is 47.8 Å². The van der Waals surface area contributed by atoms with Crippen molar-refractivity contribution in [1.82, 2.24) is 15.0 Å². The Labute approximate surface area is 107 Å². The first-order chi connectivity index (χ1) is 8.63. The summed E-state index contributed by atoms with van der Waals surface area (Å²) in [6.45, 7) is 5.52. The first-order valence-corrected chi connectivity index (χ1v) is 6.16. The number of hydrogen-bond acceptors (Lipinski definition) is 3. The second-order valence-electron chi connectivity index (χ2n) is 4.41.